The van der Waals surface area contributed by atoms with Crippen LogP contribution in [0.5, 0.6) is 0 Å². The minimum atomic E-state index is -3.77. The third-order valence-electron chi connectivity index (χ3n) is 3.24. The van der Waals surface area contributed by atoms with Gasteiger partial charge in [0.25, 0.3) is 0 Å². The number of rotatable bonds is 6. The van der Waals surface area contributed by atoms with Gasteiger partial charge in [-0.05, 0) is 49.5 Å². The molecule has 0 aromatic heterocycles. The first-order valence-corrected chi connectivity index (χ1v) is 8.79. The van der Waals surface area contributed by atoms with Crippen molar-refractivity contribution in [1.82, 2.24) is 4.72 Å². The maximum atomic E-state index is 12.8. The van der Waals surface area contributed by atoms with Gasteiger partial charge in [0.1, 0.15) is 5.82 Å². The highest BCUT2D eigenvalue weighted by Crippen LogP contribution is 2.21. The van der Waals surface area contributed by atoms with Gasteiger partial charge in [0.2, 0.25) is 10.0 Å². The van der Waals surface area contributed by atoms with Crippen LogP contribution in [-0.4, -0.2) is 33.8 Å². The van der Waals surface area contributed by atoms with Gasteiger partial charge in [0, 0.05) is 5.56 Å². The van der Waals surface area contributed by atoms with Crippen molar-refractivity contribution < 1.29 is 27.1 Å². The van der Waals surface area contributed by atoms with E-state index in [1.165, 1.54) is 31.3 Å². The Labute approximate surface area is 148 Å². The molecule has 0 aliphatic carbocycles. The van der Waals surface area contributed by atoms with Crippen LogP contribution < -0.4 is 4.72 Å². The summed E-state index contributed by atoms with van der Waals surface area (Å²) in [7, 11) is -2.54. The zero-order valence-electron chi connectivity index (χ0n) is 13.0. The van der Waals surface area contributed by atoms with Crippen molar-refractivity contribution in [2.45, 2.75) is 4.90 Å². The molecule has 2 aromatic carbocycles. The van der Waals surface area contributed by atoms with Crippen LogP contribution in [0.15, 0.2) is 47.4 Å². The van der Waals surface area contributed by atoms with Crippen molar-refractivity contribution in [2.75, 3.05) is 13.7 Å². The fraction of sp³-hybridized carbons (Fsp3) is 0.125. The summed E-state index contributed by atoms with van der Waals surface area (Å²) in [6, 6.07) is 8.27. The molecule has 0 aliphatic heterocycles. The zero-order chi connectivity index (χ0) is 18.6. The summed E-state index contributed by atoms with van der Waals surface area (Å²) in [5, 5.41) is -0.0192. The molecule has 0 unspecified atom stereocenters. The molecule has 25 heavy (non-hydrogen) atoms. The molecule has 0 atom stereocenters. The number of carbonyl (C=O) groups is 2. The lowest BCUT2D eigenvalue weighted by Gasteiger charge is -2.08. The van der Waals surface area contributed by atoms with Crippen molar-refractivity contribution in [3.05, 3.63) is 64.4 Å². The van der Waals surface area contributed by atoms with Gasteiger partial charge in [-0.1, -0.05) is 11.6 Å². The van der Waals surface area contributed by atoms with Crippen LogP contribution >= 0.6 is 11.6 Å². The van der Waals surface area contributed by atoms with Gasteiger partial charge in [0.15, 0.2) is 12.4 Å². The van der Waals surface area contributed by atoms with Crippen molar-refractivity contribution in [3.63, 3.8) is 0 Å². The van der Waals surface area contributed by atoms with E-state index in [0.29, 0.717) is 0 Å². The van der Waals surface area contributed by atoms with E-state index in [1.807, 2.05) is 0 Å². The van der Waals surface area contributed by atoms with E-state index in [1.54, 1.807) is 0 Å². The molecule has 0 fully saturated rings. The van der Waals surface area contributed by atoms with Gasteiger partial charge in [-0.2, -0.15) is 0 Å². The molecule has 1 N–H and O–H groups in total. The first-order chi connectivity index (χ1) is 11.7. The summed E-state index contributed by atoms with van der Waals surface area (Å²) < 4.78 is 43.4. The van der Waals surface area contributed by atoms with E-state index in [-0.39, 0.29) is 21.0 Å². The van der Waals surface area contributed by atoms with Crippen LogP contribution in [0.25, 0.3) is 0 Å². The molecule has 0 amide bonds. The highest BCUT2D eigenvalue weighted by molar-refractivity contribution is 7.89. The Kier molecular flexibility index (Phi) is 5.89. The quantitative estimate of drug-likeness (QED) is 0.609. The van der Waals surface area contributed by atoms with Crippen molar-refractivity contribution in [2.24, 2.45) is 0 Å². The van der Waals surface area contributed by atoms with E-state index in [0.717, 1.165) is 18.2 Å². The molecule has 0 saturated heterocycles. The first kappa shape index (κ1) is 19.0. The third-order valence-corrected chi connectivity index (χ3v) is 4.98. The van der Waals surface area contributed by atoms with Gasteiger partial charge >= 0.3 is 5.97 Å². The number of Topliss-reactive ketones (excluding diaryl/α,β-unsaturated/α-hetero) is 1. The lowest BCUT2D eigenvalue weighted by Crippen LogP contribution is -2.19. The van der Waals surface area contributed by atoms with Crippen LogP contribution in [0.4, 0.5) is 4.39 Å². The van der Waals surface area contributed by atoms with Crippen molar-refractivity contribution >= 4 is 33.4 Å². The number of halogens is 2. The first-order valence-electron chi connectivity index (χ1n) is 6.93. The minimum absolute atomic E-state index is 0.0192. The molecule has 2 aromatic rings. The highest BCUT2D eigenvalue weighted by atomic mass is 35.5. The zero-order valence-corrected chi connectivity index (χ0v) is 14.5. The van der Waals surface area contributed by atoms with Crippen LogP contribution in [-0.2, 0) is 14.8 Å². The summed E-state index contributed by atoms with van der Waals surface area (Å²) in [5.74, 6) is -1.99. The van der Waals surface area contributed by atoms with Crippen LogP contribution in [0.2, 0.25) is 5.02 Å². The Hall–Kier alpha value is -2.29. The Bertz CT molecular complexity index is 913. The molecule has 6 nitrogen and oxygen atoms in total. The highest BCUT2D eigenvalue weighted by Gasteiger charge is 2.19. The van der Waals surface area contributed by atoms with Crippen LogP contribution in [0.3, 0.4) is 0 Å². The lowest BCUT2D eigenvalue weighted by molar-refractivity contribution is 0.0474. The smallest absolute Gasteiger partial charge is 0.340 e. The number of nitrogens with one attached hydrogen (secondary N) is 1. The van der Waals surface area contributed by atoms with E-state index >= 15 is 0 Å². The summed E-state index contributed by atoms with van der Waals surface area (Å²) in [6.07, 6.45) is 0. The second-order valence-corrected chi connectivity index (χ2v) is 7.15. The van der Waals surface area contributed by atoms with E-state index in [4.69, 9.17) is 16.3 Å². The number of ether oxygens (including phenoxy) is 1. The maximum absolute atomic E-state index is 12.8. The van der Waals surface area contributed by atoms with Gasteiger partial charge in [0.05, 0.1) is 15.5 Å². The number of sulfonamides is 1. The van der Waals surface area contributed by atoms with Gasteiger partial charge in [-0.25, -0.2) is 22.3 Å². The SMILES string of the molecule is CNS(=O)(=O)c1ccc(Cl)c(C(=O)OCC(=O)c2ccc(F)cc2)c1. The van der Waals surface area contributed by atoms with Crippen LogP contribution in [0.1, 0.15) is 20.7 Å². The fourth-order valence-electron chi connectivity index (χ4n) is 1.87. The molecule has 0 bridgehead atoms. The Morgan fingerprint density at radius 1 is 1.16 bits per heavy atom. The molecule has 0 spiro atoms. The molecular weight excluding hydrogens is 373 g/mol. The average molecular weight is 386 g/mol. The normalized spacial score (nSPS) is 11.2. The topological polar surface area (TPSA) is 89.5 Å². The van der Waals surface area contributed by atoms with Gasteiger partial charge < -0.3 is 4.74 Å². The Morgan fingerprint density at radius 2 is 1.80 bits per heavy atom. The minimum Gasteiger partial charge on any atom is -0.454 e. The molecule has 9 heteroatoms. The van der Waals surface area contributed by atoms with Crippen LogP contribution in [0, 0.1) is 5.82 Å². The number of carbonyl (C=O) groups excluding carboxylic acids is 2. The predicted molar refractivity (Wildman–Crippen MR) is 88.7 cm³/mol. The average Bonchev–Trinajstić information content (AvgIpc) is 2.60. The summed E-state index contributed by atoms with van der Waals surface area (Å²) >= 11 is 5.89. The third kappa shape index (κ3) is 4.62. The summed E-state index contributed by atoms with van der Waals surface area (Å²) in [6.45, 7) is -0.593. The molecule has 0 saturated carbocycles. The Morgan fingerprint density at radius 3 is 2.40 bits per heavy atom. The monoisotopic (exact) mass is 385 g/mol. The second kappa shape index (κ2) is 7.73. The predicted octanol–water partition coefficient (Wildman–Crippen LogP) is 2.43. The maximum Gasteiger partial charge on any atom is 0.340 e. The standard InChI is InChI=1S/C16H13ClFNO5S/c1-19-25(22,23)12-6-7-14(17)13(8-12)16(21)24-9-15(20)10-2-4-11(18)5-3-10/h2-8,19H,9H2,1H3. The fourth-order valence-corrected chi connectivity index (χ4v) is 2.82. The largest absolute Gasteiger partial charge is 0.454 e. The summed E-state index contributed by atoms with van der Waals surface area (Å²) in [5.41, 5.74) is -0.0169. The van der Waals surface area contributed by atoms with Gasteiger partial charge in [-0.3, -0.25) is 4.79 Å². The number of benzene rings is 2. The number of hydrogen-bond acceptors (Lipinski definition) is 5. The van der Waals surface area contributed by atoms with Crippen molar-refractivity contribution in [1.29, 1.82) is 0 Å². The molecule has 0 heterocycles. The molecule has 132 valence electrons. The molecule has 0 aliphatic rings. The second-order valence-electron chi connectivity index (χ2n) is 4.86. The van der Waals surface area contributed by atoms with Gasteiger partial charge in [-0.15, -0.1) is 0 Å². The van der Waals surface area contributed by atoms with E-state index < -0.39 is 34.2 Å². The van der Waals surface area contributed by atoms with E-state index in [9.17, 15) is 22.4 Å². The van der Waals surface area contributed by atoms with Crippen molar-refractivity contribution in [3.8, 4) is 0 Å². The number of hydrogen-bond donors (Lipinski definition) is 1. The number of esters is 1. The van der Waals surface area contributed by atoms with E-state index in [2.05, 4.69) is 4.72 Å². The summed E-state index contributed by atoms with van der Waals surface area (Å²) in [4.78, 5) is 23.8. The molecule has 2 rings (SSSR count). The Balaban J connectivity index is 2.14. The molecule has 0 radical (unpaired) electrons. The molecular formula is C16H13ClFNO5S. The lowest BCUT2D eigenvalue weighted by atomic mass is 10.1. The number of ketones is 1.